The largest absolute Gasteiger partial charge is 0.497 e. The maximum atomic E-state index is 5.40. The molecule has 0 amide bonds. The number of methoxy groups -OCH3 is 1. The fourth-order valence-electron chi connectivity index (χ4n) is 2.02. The topological polar surface area (TPSA) is 60.0 Å². The Kier molecular flexibility index (Phi) is 3.96. The van der Waals surface area contributed by atoms with Crippen LogP contribution in [0.1, 0.15) is 5.69 Å². The average molecular weight is 293 g/mol. The minimum atomic E-state index is 0.597. The van der Waals surface area contributed by atoms with Crippen molar-refractivity contribution in [1.29, 1.82) is 0 Å². The van der Waals surface area contributed by atoms with Crippen molar-refractivity contribution in [2.45, 2.75) is 6.92 Å². The summed E-state index contributed by atoms with van der Waals surface area (Å²) in [7, 11) is 1.63. The predicted octanol–water partition coefficient (Wildman–Crippen LogP) is 5.07. The second-order valence-corrected chi connectivity index (χ2v) is 4.71. The van der Waals surface area contributed by atoms with Crippen LogP contribution in [0.5, 0.6) is 5.75 Å². The van der Waals surface area contributed by atoms with Crippen molar-refractivity contribution in [3.05, 3.63) is 60.3 Å². The van der Waals surface area contributed by atoms with Gasteiger partial charge in [-0.3, -0.25) is 0 Å². The zero-order valence-corrected chi connectivity index (χ0v) is 12.4. The van der Waals surface area contributed by atoms with Crippen molar-refractivity contribution >= 4 is 11.4 Å². The van der Waals surface area contributed by atoms with Crippen LogP contribution < -0.4 is 4.74 Å². The molecule has 110 valence electrons. The van der Waals surface area contributed by atoms with Crippen LogP contribution >= 0.6 is 0 Å². The lowest BCUT2D eigenvalue weighted by Crippen LogP contribution is -1.82. The summed E-state index contributed by atoms with van der Waals surface area (Å²) < 4.78 is 10.6. The monoisotopic (exact) mass is 293 g/mol. The van der Waals surface area contributed by atoms with Gasteiger partial charge < -0.3 is 9.26 Å². The fourth-order valence-corrected chi connectivity index (χ4v) is 2.02. The molecule has 0 aliphatic carbocycles. The Bertz CT molecular complexity index is 777. The summed E-state index contributed by atoms with van der Waals surface area (Å²) >= 11 is 0. The minimum Gasteiger partial charge on any atom is -0.497 e. The molecule has 5 heteroatoms. The van der Waals surface area contributed by atoms with Crippen LogP contribution in [0.3, 0.4) is 0 Å². The maximum Gasteiger partial charge on any atom is 0.194 e. The van der Waals surface area contributed by atoms with Gasteiger partial charge in [0.05, 0.1) is 12.8 Å². The third-order valence-electron chi connectivity index (χ3n) is 3.21. The van der Waals surface area contributed by atoms with Gasteiger partial charge in [0.15, 0.2) is 11.4 Å². The number of hydrogen-bond acceptors (Lipinski definition) is 5. The van der Waals surface area contributed by atoms with Crippen LogP contribution in [-0.2, 0) is 0 Å². The van der Waals surface area contributed by atoms with Gasteiger partial charge in [-0.25, -0.2) is 0 Å². The summed E-state index contributed by atoms with van der Waals surface area (Å²) in [5.74, 6) is 1.38. The van der Waals surface area contributed by atoms with E-state index in [1.165, 1.54) is 0 Å². The first kappa shape index (κ1) is 14.0. The quantitative estimate of drug-likeness (QED) is 0.630. The summed E-state index contributed by atoms with van der Waals surface area (Å²) in [6.07, 6.45) is 0. The Morgan fingerprint density at radius 3 is 2.36 bits per heavy atom. The molecule has 0 unspecified atom stereocenters. The highest BCUT2D eigenvalue weighted by Gasteiger charge is 2.15. The van der Waals surface area contributed by atoms with E-state index in [0.29, 0.717) is 17.1 Å². The van der Waals surface area contributed by atoms with Crippen molar-refractivity contribution in [2.24, 2.45) is 10.2 Å². The van der Waals surface area contributed by atoms with Crippen LogP contribution in [0.2, 0.25) is 0 Å². The number of aryl methyl sites for hydroxylation is 1. The lowest BCUT2D eigenvalue weighted by molar-refractivity contribution is 0.414. The molecule has 3 rings (SSSR count). The van der Waals surface area contributed by atoms with Crippen LogP contribution in [0.15, 0.2) is 69.3 Å². The Labute approximate surface area is 128 Å². The molecule has 0 saturated heterocycles. The summed E-state index contributed by atoms with van der Waals surface area (Å²) in [6, 6.07) is 17.1. The molecule has 3 aromatic rings. The zero-order valence-electron chi connectivity index (χ0n) is 12.4. The minimum absolute atomic E-state index is 0.597. The Morgan fingerprint density at radius 2 is 1.68 bits per heavy atom. The first-order valence-electron chi connectivity index (χ1n) is 6.85. The number of nitrogens with zero attached hydrogens (tertiary/aromatic N) is 3. The third-order valence-corrected chi connectivity index (χ3v) is 3.21. The molecule has 0 bridgehead atoms. The van der Waals surface area contributed by atoms with Gasteiger partial charge in [-0.15, -0.1) is 5.11 Å². The number of hydrogen-bond donors (Lipinski definition) is 0. The number of benzene rings is 2. The van der Waals surface area contributed by atoms with Gasteiger partial charge in [0.2, 0.25) is 0 Å². The van der Waals surface area contributed by atoms with Crippen LogP contribution in [0.4, 0.5) is 11.4 Å². The highest BCUT2D eigenvalue weighted by molar-refractivity contribution is 5.72. The Morgan fingerprint density at radius 1 is 0.955 bits per heavy atom. The summed E-state index contributed by atoms with van der Waals surface area (Å²) in [4.78, 5) is 0. The van der Waals surface area contributed by atoms with Gasteiger partial charge in [0.1, 0.15) is 11.4 Å². The first-order chi connectivity index (χ1) is 10.8. The first-order valence-corrected chi connectivity index (χ1v) is 6.85. The molecule has 1 aromatic heterocycles. The van der Waals surface area contributed by atoms with Gasteiger partial charge in [-0.05, 0) is 43.3 Å². The molecular formula is C17H15N3O2. The lowest BCUT2D eigenvalue weighted by Gasteiger charge is -2.01. The second-order valence-electron chi connectivity index (χ2n) is 4.71. The highest BCUT2D eigenvalue weighted by atomic mass is 16.5. The maximum absolute atomic E-state index is 5.40. The van der Waals surface area contributed by atoms with Crippen molar-refractivity contribution in [1.82, 2.24) is 5.16 Å². The summed E-state index contributed by atoms with van der Waals surface area (Å²) in [5, 5.41) is 12.5. The fraction of sp³-hybridized carbons (Fsp3) is 0.118. The van der Waals surface area contributed by atoms with E-state index in [1.807, 2.05) is 61.5 Å². The molecule has 0 aliphatic heterocycles. The summed E-state index contributed by atoms with van der Waals surface area (Å²) in [5.41, 5.74) is 2.99. The normalized spacial score (nSPS) is 11.0. The molecule has 0 aliphatic rings. The van der Waals surface area contributed by atoms with Crippen molar-refractivity contribution in [3.8, 4) is 17.1 Å². The van der Waals surface area contributed by atoms with Crippen molar-refractivity contribution in [3.63, 3.8) is 0 Å². The van der Waals surface area contributed by atoms with Crippen LogP contribution in [-0.4, -0.2) is 12.3 Å². The standard InChI is InChI=1S/C17H15N3O2/c1-12-16(19-18-14-6-4-3-5-7-14)17(22-20-12)13-8-10-15(21-2)11-9-13/h3-11H,1-2H3. The Balaban J connectivity index is 1.95. The van der Waals surface area contributed by atoms with E-state index in [1.54, 1.807) is 7.11 Å². The lowest BCUT2D eigenvalue weighted by atomic mass is 10.1. The van der Waals surface area contributed by atoms with E-state index in [0.717, 1.165) is 17.0 Å². The molecule has 0 fully saturated rings. The van der Waals surface area contributed by atoms with Gasteiger partial charge in [0.25, 0.3) is 0 Å². The Hall–Kier alpha value is -2.95. The SMILES string of the molecule is COc1ccc(-c2onc(C)c2N=Nc2ccccc2)cc1. The number of azo groups is 1. The molecule has 5 nitrogen and oxygen atoms in total. The molecule has 0 N–H and O–H groups in total. The highest BCUT2D eigenvalue weighted by Crippen LogP contribution is 2.35. The van der Waals surface area contributed by atoms with E-state index in [-0.39, 0.29) is 0 Å². The molecule has 1 heterocycles. The number of aromatic nitrogens is 1. The molecule has 2 aromatic carbocycles. The predicted molar refractivity (Wildman–Crippen MR) is 83.8 cm³/mol. The molecule has 0 radical (unpaired) electrons. The average Bonchev–Trinajstić information content (AvgIpc) is 2.95. The molecule has 0 atom stereocenters. The molecule has 0 spiro atoms. The van der Waals surface area contributed by atoms with Crippen molar-refractivity contribution < 1.29 is 9.26 Å². The zero-order chi connectivity index (χ0) is 15.4. The van der Waals surface area contributed by atoms with E-state index in [2.05, 4.69) is 15.4 Å². The molecule has 0 saturated carbocycles. The summed E-state index contributed by atoms with van der Waals surface area (Å²) in [6.45, 7) is 1.84. The van der Waals surface area contributed by atoms with Gasteiger partial charge in [-0.1, -0.05) is 23.4 Å². The van der Waals surface area contributed by atoms with E-state index in [4.69, 9.17) is 9.26 Å². The third kappa shape index (κ3) is 2.88. The van der Waals surface area contributed by atoms with E-state index in [9.17, 15) is 0 Å². The van der Waals surface area contributed by atoms with Crippen LogP contribution in [0.25, 0.3) is 11.3 Å². The van der Waals surface area contributed by atoms with E-state index < -0.39 is 0 Å². The smallest absolute Gasteiger partial charge is 0.194 e. The molecular weight excluding hydrogens is 278 g/mol. The van der Waals surface area contributed by atoms with E-state index >= 15 is 0 Å². The van der Waals surface area contributed by atoms with Gasteiger partial charge in [0, 0.05) is 5.56 Å². The van der Waals surface area contributed by atoms with Crippen molar-refractivity contribution in [2.75, 3.05) is 7.11 Å². The molecule has 22 heavy (non-hydrogen) atoms. The second kappa shape index (κ2) is 6.22. The number of rotatable bonds is 4. The number of ether oxygens (including phenoxy) is 1. The van der Waals surface area contributed by atoms with Crippen LogP contribution in [0, 0.1) is 6.92 Å². The van der Waals surface area contributed by atoms with Gasteiger partial charge in [-0.2, -0.15) is 5.11 Å². The van der Waals surface area contributed by atoms with Gasteiger partial charge >= 0.3 is 0 Å².